The Hall–Kier alpha value is -3.42. The van der Waals surface area contributed by atoms with E-state index in [0.29, 0.717) is 18.0 Å². The summed E-state index contributed by atoms with van der Waals surface area (Å²) < 4.78 is 19.9. The Balaban J connectivity index is 1.52. The molecule has 29 heavy (non-hydrogen) atoms. The second kappa shape index (κ2) is 7.90. The van der Waals surface area contributed by atoms with E-state index < -0.39 is 5.82 Å². The molecule has 4 rings (SSSR count). The summed E-state index contributed by atoms with van der Waals surface area (Å²) in [6.45, 7) is 4.01. The average Bonchev–Trinajstić information content (AvgIpc) is 3.31. The van der Waals surface area contributed by atoms with Gasteiger partial charge in [0.15, 0.2) is 11.6 Å². The van der Waals surface area contributed by atoms with E-state index in [4.69, 9.17) is 10.5 Å². The van der Waals surface area contributed by atoms with Gasteiger partial charge in [-0.05, 0) is 30.4 Å². The molecular weight excluding hydrogens is 373 g/mol. The second-order valence-corrected chi connectivity index (χ2v) is 7.19. The Kier molecular flexibility index (Phi) is 5.16. The smallest absolute Gasteiger partial charge is 0.229 e. The molecule has 1 aromatic carbocycles. The highest BCUT2D eigenvalue weighted by Gasteiger charge is 2.47. The monoisotopic (exact) mass is 395 g/mol. The van der Waals surface area contributed by atoms with Gasteiger partial charge in [-0.25, -0.2) is 9.37 Å². The number of primary amides is 1. The minimum absolute atomic E-state index is 0.0405. The number of fused-ring (bicyclic) bond motifs is 2. The van der Waals surface area contributed by atoms with Crippen molar-refractivity contribution in [3.05, 3.63) is 61.1 Å². The van der Waals surface area contributed by atoms with Gasteiger partial charge in [-0.1, -0.05) is 30.9 Å². The summed E-state index contributed by atoms with van der Waals surface area (Å²) in [6.07, 6.45) is 7.65. The van der Waals surface area contributed by atoms with Crippen LogP contribution < -0.4 is 21.1 Å². The molecule has 1 aromatic heterocycles. The lowest BCUT2D eigenvalue weighted by Crippen LogP contribution is -2.41. The zero-order valence-corrected chi connectivity index (χ0v) is 15.7. The van der Waals surface area contributed by atoms with E-state index in [1.165, 1.54) is 0 Å². The highest BCUT2D eigenvalue weighted by molar-refractivity contribution is 5.79. The molecule has 2 unspecified atom stereocenters. The first-order valence-electron chi connectivity index (χ1n) is 9.42. The lowest BCUT2D eigenvalue weighted by atomic mass is 9.88. The standard InChI is InChI=1S/C21H22FN5O2/c1-2-8-29-15-5-3-4-14(10-15)25-21-24-11-16(22)20(27-21)26-18-13-7-6-12(9-13)17(18)19(23)28/h2-7,10-13,17-18H,1,8-9H2,(H2,23,28)(H2,24,25,26,27)/t12?,13?,17-,18+/m0/s1. The molecule has 150 valence electrons. The number of allylic oxidation sites excluding steroid dienone is 1. The number of nitrogens with zero attached hydrogens (tertiary/aromatic N) is 2. The van der Waals surface area contributed by atoms with E-state index in [0.717, 1.165) is 12.6 Å². The molecule has 7 nitrogen and oxygen atoms in total. The zero-order valence-electron chi connectivity index (χ0n) is 15.7. The molecule has 2 aliphatic carbocycles. The van der Waals surface area contributed by atoms with Crippen LogP contribution in [0.4, 0.5) is 21.8 Å². The molecule has 0 saturated heterocycles. The lowest BCUT2D eigenvalue weighted by Gasteiger charge is -2.27. The first kappa shape index (κ1) is 18.9. The third-order valence-corrected chi connectivity index (χ3v) is 5.29. The largest absolute Gasteiger partial charge is 0.489 e. The van der Waals surface area contributed by atoms with Gasteiger partial charge in [0, 0.05) is 17.8 Å². The molecule has 0 spiro atoms. The van der Waals surface area contributed by atoms with Gasteiger partial charge in [0.25, 0.3) is 0 Å². The summed E-state index contributed by atoms with van der Waals surface area (Å²) in [5.41, 5.74) is 6.27. The molecule has 8 heteroatoms. The number of aromatic nitrogens is 2. The van der Waals surface area contributed by atoms with Crippen molar-refractivity contribution in [3.63, 3.8) is 0 Å². The van der Waals surface area contributed by atoms with Crippen LogP contribution in [0.5, 0.6) is 5.75 Å². The van der Waals surface area contributed by atoms with Gasteiger partial charge in [-0.2, -0.15) is 4.98 Å². The van der Waals surface area contributed by atoms with Gasteiger partial charge in [0.05, 0.1) is 12.1 Å². The third kappa shape index (κ3) is 3.91. The van der Waals surface area contributed by atoms with E-state index in [9.17, 15) is 9.18 Å². The van der Waals surface area contributed by atoms with E-state index in [1.54, 1.807) is 12.1 Å². The van der Waals surface area contributed by atoms with Crippen LogP contribution in [0.25, 0.3) is 0 Å². The number of ether oxygens (including phenoxy) is 1. The topological polar surface area (TPSA) is 102 Å². The fraction of sp³-hybridized carbons (Fsp3) is 0.286. The number of carbonyl (C=O) groups excluding carboxylic acids is 1. The SMILES string of the molecule is C=CCOc1cccc(Nc2ncc(F)c(N[C@@H]3C4C=CC(C4)[C@@H]3C(N)=O)n2)c1. The van der Waals surface area contributed by atoms with Crippen LogP contribution in [-0.2, 0) is 4.79 Å². The molecule has 2 aliphatic rings. The van der Waals surface area contributed by atoms with Gasteiger partial charge >= 0.3 is 0 Å². The number of carbonyl (C=O) groups is 1. The Labute approximate surface area is 167 Å². The van der Waals surface area contributed by atoms with Crippen molar-refractivity contribution >= 4 is 23.4 Å². The average molecular weight is 395 g/mol. The number of amides is 1. The molecule has 2 aromatic rings. The maximum atomic E-state index is 14.4. The van der Waals surface area contributed by atoms with Gasteiger partial charge in [-0.15, -0.1) is 0 Å². The number of rotatable bonds is 8. The number of benzene rings is 1. The van der Waals surface area contributed by atoms with Crippen LogP contribution in [0.15, 0.2) is 55.3 Å². The summed E-state index contributed by atoms with van der Waals surface area (Å²) in [4.78, 5) is 20.1. The Morgan fingerprint density at radius 3 is 3.00 bits per heavy atom. The van der Waals surface area contributed by atoms with Crippen LogP contribution in [0.1, 0.15) is 6.42 Å². The van der Waals surface area contributed by atoms with Crippen molar-refractivity contribution in [2.75, 3.05) is 17.2 Å². The Bertz CT molecular complexity index is 964. The van der Waals surface area contributed by atoms with E-state index in [-0.39, 0.29) is 41.5 Å². The van der Waals surface area contributed by atoms with Gasteiger partial charge < -0.3 is 21.1 Å². The fourth-order valence-electron chi connectivity index (χ4n) is 4.04. The number of nitrogens with one attached hydrogen (secondary N) is 2. The number of hydrogen-bond acceptors (Lipinski definition) is 6. The van der Waals surface area contributed by atoms with E-state index >= 15 is 0 Å². The van der Waals surface area contributed by atoms with Gasteiger partial charge in [0.1, 0.15) is 12.4 Å². The summed E-state index contributed by atoms with van der Waals surface area (Å²) in [5, 5.41) is 6.12. The van der Waals surface area contributed by atoms with E-state index in [1.807, 2.05) is 24.3 Å². The minimum Gasteiger partial charge on any atom is -0.489 e. The Morgan fingerprint density at radius 1 is 1.38 bits per heavy atom. The van der Waals surface area contributed by atoms with Crippen molar-refractivity contribution in [3.8, 4) is 5.75 Å². The third-order valence-electron chi connectivity index (χ3n) is 5.29. The summed E-state index contributed by atoms with van der Waals surface area (Å²) >= 11 is 0. The van der Waals surface area contributed by atoms with Gasteiger partial charge in [0.2, 0.25) is 11.9 Å². The maximum Gasteiger partial charge on any atom is 0.229 e. The fourth-order valence-corrected chi connectivity index (χ4v) is 4.04. The number of hydrogen-bond donors (Lipinski definition) is 3. The van der Waals surface area contributed by atoms with Crippen molar-refractivity contribution in [2.24, 2.45) is 23.5 Å². The van der Waals surface area contributed by atoms with Crippen molar-refractivity contribution < 1.29 is 13.9 Å². The van der Waals surface area contributed by atoms with Crippen LogP contribution in [0.2, 0.25) is 0 Å². The molecule has 1 saturated carbocycles. The van der Waals surface area contributed by atoms with Crippen LogP contribution >= 0.6 is 0 Å². The van der Waals surface area contributed by atoms with Crippen LogP contribution in [-0.4, -0.2) is 28.5 Å². The minimum atomic E-state index is -0.589. The number of halogens is 1. The zero-order chi connectivity index (χ0) is 20.4. The molecule has 0 aliphatic heterocycles. The predicted octanol–water partition coefficient (Wildman–Crippen LogP) is 3.01. The molecule has 2 bridgehead atoms. The van der Waals surface area contributed by atoms with Crippen LogP contribution in [0, 0.1) is 23.6 Å². The maximum absolute atomic E-state index is 14.4. The molecular formula is C21H22FN5O2. The predicted molar refractivity (Wildman–Crippen MR) is 108 cm³/mol. The van der Waals surface area contributed by atoms with Crippen molar-refractivity contribution in [2.45, 2.75) is 12.5 Å². The van der Waals surface area contributed by atoms with Crippen molar-refractivity contribution in [1.29, 1.82) is 0 Å². The second-order valence-electron chi connectivity index (χ2n) is 7.19. The molecule has 4 N–H and O–H groups in total. The van der Waals surface area contributed by atoms with Gasteiger partial charge in [-0.3, -0.25) is 4.79 Å². The normalized spacial score (nSPS) is 24.3. The summed E-state index contributed by atoms with van der Waals surface area (Å²) in [6, 6.07) is 6.97. The highest BCUT2D eigenvalue weighted by atomic mass is 19.1. The number of anilines is 3. The first-order chi connectivity index (χ1) is 14.0. The van der Waals surface area contributed by atoms with Crippen molar-refractivity contribution in [1.82, 2.24) is 9.97 Å². The summed E-state index contributed by atoms with van der Waals surface area (Å²) in [7, 11) is 0. The highest BCUT2D eigenvalue weighted by Crippen LogP contribution is 2.44. The molecule has 1 fully saturated rings. The molecule has 1 amide bonds. The summed E-state index contributed by atoms with van der Waals surface area (Å²) in [5.74, 6) is -0.208. The molecule has 0 radical (unpaired) electrons. The molecule has 1 heterocycles. The quantitative estimate of drug-likeness (QED) is 0.594. The Morgan fingerprint density at radius 2 is 2.21 bits per heavy atom. The first-order valence-corrected chi connectivity index (χ1v) is 9.42. The molecule has 4 atom stereocenters. The number of nitrogens with two attached hydrogens (primary N) is 1. The van der Waals surface area contributed by atoms with E-state index in [2.05, 4.69) is 33.3 Å². The lowest BCUT2D eigenvalue weighted by molar-refractivity contribution is -0.122. The van der Waals surface area contributed by atoms with Crippen LogP contribution in [0.3, 0.4) is 0 Å².